The number of carbonyl (C=O) groups excluding carboxylic acids is 1. The van der Waals surface area contributed by atoms with Crippen LogP contribution in [0.3, 0.4) is 0 Å². The maximum absolute atomic E-state index is 12.5. The van der Waals surface area contributed by atoms with Crippen molar-refractivity contribution in [3.05, 3.63) is 0 Å². The lowest BCUT2D eigenvalue weighted by molar-refractivity contribution is -0.350. The van der Waals surface area contributed by atoms with Gasteiger partial charge in [0.15, 0.2) is 5.72 Å². The van der Waals surface area contributed by atoms with Crippen LogP contribution in [0.4, 0.5) is 0 Å². The molecular weight excluding hydrogens is 290 g/mol. The van der Waals surface area contributed by atoms with Gasteiger partial charge in [-0.2, -0.15) is 0 Å². The summed E-state index contributed by atoms with van der Waals surface area (Å²) in [6, 6.07) is 0. The molecular formula is C19H29NO3. The van der Waals surface area contributed by atoms with Crippen LogP contribution in [-0.4, -0.2) is 35.0 Å². The molecule has 4 aliphatic heterocycles. The zero-order chi connectivity index (χ0) is 16.1. The Balaban J connectivity index is 1.66. The van der Waals surface area contributed by atoms with Gasteiger partial charge in [0, 0.05) is 18.4 Å². The van der Waals surface area contributed by atoms with Crippen molar-refractivity contribution in [3.63, 3.8) is 0 Å². The Morgan fingerprint density at radius 3 is 2.83 bits per heavy atom. The lowest BCUT2D eigenvalue weighted by atomic mass is 9.47. The van der Waals surface area contributed by atoms with E-state index in [1.807, 2.05) is 0 Å². The van der Waals surface area contributed by atoms with E-state index in [2.05, 4.69) is 25.7 Å². The average Bonchev–Trinajstić information content (AvgIpc) is 2.72. The van der Waals surface area contributed by atoms with Crippen molar-refractivity contribution in [1.82, 2.24) is 4.90 Å². The molecule has 5 rings (SSSR count). The Kier molecular flexibility index (Phi) is 2.64. The SMILES string of the molecule is C[C@@H]1C[C@H]2CN3[C@@](CC[C@]4(C)[C@@]5(C)CCC[C@@]34OC(=O)C5)(C1)O2. The minimum atomic E-state index is -0.424. The molecule has 0 amide bonds. The normalized spacial score (nSPS) is 58.3. The molecule has 128 valence electrons. The predicted octanol–water partition coefficient (Wildman–Crippen LogP) is 3.45. The van der Waals surface area contributed by atoms with Crippen LogP contribution >= 0.6 is 0 Å². The Labute approximate surface area is 138 Å². The van der Waals surface area contributed by atoms with Crippen molar-refractivity contribution in [2.45, 2.75) is 89.7 Å². The number of fused-ring (bicyclic) bond motifs is 1. The summed E-state index contributed by atoms with van der Waals surface area (Å²) in [4.78, 5) is 15.1. The Bertz CT molecular complexity index is 579. The molecule has 0 aromatic carbocycles. The van der Waals surface area contributed by atoms with Gasteiger partial charge >= 0.3 is 5.97 Å². The number of nitrogens with zero attached hydrogens (tertiary/aromatic N) is 1. The minimum absolute atomic E-state index is 0.0104. The zero-order valence-electron chi connectivity index (χ0n) is 14.7. The van der Waals surface area contributed by atoms with E-state index in [1.54, 1.807) is 0 Å². The fourth-order valence-electron chi connectivity index (χ4n) is 7.07. The molecule has 1 spiro atoms. The Morgan fingerprint density at radius 1 is 1.17 bits per heavy atom. The highest BCUT2D eigenvalue weighted by molar-refractivity contribution is 5.72. The zero-order valence-corrected chi connectivity index (χ0v) is 14.7. The largest absolute Gasteiger partial charge is 0.443 e. The van der Waals surface area contributed by atoms with E-state index in [0.29, 0.717) is 18.4 Å². The molecule has 5 fully saturated rings. The molecule has 4 saturated heterocycles. The third-order valence-electron chi connectivity index (χ3n) is 8.30. The van der Waals surface area contributed by atoms with Gasteiger partial charge in [0.25, 0.3) is 0 Å². The van der Waals surface area contributed by atoms with E-state index < -0.39 is 5.72 Å². The van der Waals surface area contributed by atoms with Crippen LogP contribution in [0.1, 0.15) is 72.1 Å². The highest BCUT2D eigenvalue weighted by Gasteiger charge is 2.75. The molecule has 4 nitrogen and oxygen atoms in total. The van der Waals surface area contributed by atoms with E-state index in [0.717, 1.165) is 51.5 Å². The molecule has 0 aromatic heterocycles. The summed E-state index contributed by atoms with van der Waals surface area (Å²) in [6.07, 6.45) is 8.67. The van der Waals surface area contributed by atoms with Gasteiger partial charge < -0.3 is 9.47 Å². The summed E-state index contributed by atoms with van der Waals surface area (Å²) in [7, 11) is 0. The number of rotatable bonds is 0. The summed E-state index contributed by atoms with van der Waals surface area (Å²) < 4.78 is 12.8. The lowest BCUT2D eigenvalue weighted by Gasteiger charge is -2.70. The first-order valence-corrected chi connectivity index (χ1v) is 9.50. The standard InChI is InChI=1S/C19H29NO3/c1-13-9-14-12-20-18(10-13,22-14)8-7-17(3)16(2)5-4-6-19(17,20)23-15(21)11-16/h13-14H,4-12H2,1-3H3/t13-,14+,16+,17-,18-,19+/m1/s1. The van der Waals surface area contributed by atoms with Crippen LogP contribution in [-0.2, 0) is 14.3 Å². The minimum Gasteiger partial charge on any atom is -0.443 e. The lowest BCUT2D eigenvalue weighted by Crippen LogP contribution is -2.77. The molecule has 23 heavy (non-hydrogen) atoms. The molecule has 4 heterocycles. The monoisotopic (exact) mass is 319 g/mol. The third kappa shape index (κ3) is 1.53. The molecule has 0 N–H and O–H groups in total. The average molecular weight is 319 g/mol. The number of piperidine rings is 1. The molecule has 5 aliphatic rings. The third-order valence-corrected chi connectivity index (χ3v) is 8.30. The van der Waals surface area contributed by atoms with Crippen molar-refractivity contribution in [3.8, 4) is 0 Å². The van der Waals surface area contributed by atoms with Crippen LogP contribution in [0.2, 0.25) is 0 Å². The van der Waals surface area contributed by atoms with Crippen LogP contribution in [0.5, 0.6) is 0 Å². The summed E-state index contributed by atoms with van der Waals surface area (Å²) in [6.45, 7) is 8.04. The summed E-state index contributed by atoms with van der Waals surface area (Å²) in [5.41, 5.74) is -0.462. The predicted molar refractivity (Wildman–Crippen MR) is 85.4 cm³/mol. The first kappa shape index (κ1) is 14.7. The van der Waals surface area contributed by atoms with Crippen molar-refractivity contribution in [2.24, 2.45) is 16.7 Å². The van der Waals surface area contributed by atoms with Crippen LogP contribution in [0, 0.1) is 16.7 Å². The summed E-state index contributed by atoms with van der Waals surface area (Å²) >= 11 is 0. The van der Waals surface area contributed by atoms with Gasteiger partial charge in [0.05, 0.1) is 12.5 Å². The maximum atomic E-state index is 12.5. The first-order chi connectivity index (χ1) is 10.8. The molecule has 4 heteroatoms. The summed E-state index contributed by atoms with van der Waals surface area (Å²) in [5, 5.41) is 0. The van der Waals surface area contributed by atoms with Gasteiger partial charge in [0.2, 0.25) is 0 Å². The number of carbonyl (C=O) groups is 1. The van der Waals surface area contributed by atoms with Crippen molar-refractivity contribution in [2.75, 3.05) is 6.54 Å². The van der Waals surface area contributed by atoms with Gasteiger partial charge in [0.1, 0.15) is 5.72 Å². The van der Waals surface area contributed by atoms with Gasteiger partial charge in [-0.1, -0.05) is 20.8 Å². The van der Waals surface area contributed by atoms with E-state index >= 15 is 0 Å². The fourth-order valence-corrected chi connectivity index (χ4v) is 7.07. The molecule has 0 radical (unpaired) electrons. The van der Waals surface area contributed by atoms with Gasteiger partial charge in [-0.25, -0.2) is 4.90 Å². The molecule has 0 unspecified atom stereocenters. The number of ether oxygens (including phenoxy) is 2. The quantitative estimate of drug-likeness (QED) is 0.641. The van der Waals surface area contributed by atoms with Gasteiger partial charge in [-0.15, -0.1) is 0 Å². The number of hydrogen-bond donors (Lipinski definition) is 0. The topological polar surface area (TPSA) is 38.8 Å². The van der Waals surface area contributed by atoms with Crippen molar-refractivity contribution < 1.29 is 14.3 Å². The molecule has 1 saturated carbocycles. The molecule has 4 bridgehead atoms. The van der Waals surface area contributed by atoms with Crippen LogP contribution in [0.15, 0.2) is 0 Å². The van der Waals surface area contributed by atoms with E-state index in [-0.39, 0.29) is 22.5 Å². The van der Waals surface area contributed by atoms with Crippen molar-refractivity contribution in [1.29, 1.82) is 0 Å². The Hall–Kier alpha value is -0.610. The maximum Gasteiger partial charge on any atom is 0.308 e. The molecule has 6 atom stereocenters. The van der Waals surface area contributed by atoms with Crippen LogP contribution in [0.25, 0.3) is 0 Å². The van der Waals surface area contributed by atoms with E-state index in [9.17, 15) is 4.79 Å². The first-order valence-electron chi connectivity index (χ1n) is 9.50. The highest BCUT2D eigenvalue weighted by atomic mass is 16.6. The molecule has 0 aromatic rings. The number of esters is 1. The van der Waals surface area contributed by atoms with E-state index in [1.165, 1.54) is 0 Å². The fraction of sp³-hybridized carbons (Fsp3) is 0.947. The number of hydrogen-bond acceptors (Lipinski definition) is 4. The summed E-state index contributed by atoms with van der Waals surface area (Å²) in [5.74, 6) is 0.713. The van der Waals surface area contributed by atoms with Gasteiger partial charge in [-0.05, 0) is 49.9 Å². The second-order valence-electron chi connectivity index (χ2n) is 9.52. The smallest absolute Gasteiger partial charge is 0.308 e. The van der Waals surface area contributed by atoms with E-state index in [4.69, 9.17) is 9.47 Å². The van der Waals surface area contributed by atoms with Crippen molar-refractivity contribution >= 4 is 5.97 Å². The second-order valence-corrected chi connectivity index (χ2v) is 9.52. The second kappa shape index (κ2) is 4.13. The molecule has 1 aliphatic carbocycles. The Morgan fingerprint density at radius 2 is 2.00 bits per heavy atom. The van der Waals surface area contributed by atoms with Gasteiger partial charge in [-0.3, -0.25) is 4.79 Å². The van der Waals surface area contributed by atoms with Crippen LogP contribution < -0.4 is 0 Å². The highest BCUT2D eigenvalue weighted by Crippen LogP contribution is 2.70.